The Hall–Kier alpha value is -0.0800. The van der Waals surface area contributed by atoms with E-state index in [2.05, 4.69) is 10.4 Å². The summed E-state index contributed by atoms with van der Waals surface area (Å²) in [6.45, 7) is 3.76. The fourth-order valence-electron chi connectivity index (χ4n) is 2.27. The average molecular weight is 154 g/mol. The van der Waals surface area contributed by atoms with Gasteiger partial charge in [-0.25, -0.2) is 5.01 Å². The third-order valence-electron chi connectivity index (χ3n) is 2.97. The zero-order chi connectivity index (χ0) is 7.52. The first-order chi connectivity index (χ1) is 5.45. The van der Waals surface area contributed by atoms with Gasteiger partial charge in [-0.1, -0.05) is 0 Å². The second-order valence-corrected chi connectivity index (χ2v) is 3.83. The third-order valence-corrected chi connectivity index (χ3v) is 2.97. The predicted molar refractivity (Wildman–Crippen MR) is 46.2 cm³/mol. The standard InChI is InChI=1S/C9H18N2/c1-3-9-4-2-8-11(7-1)10-6-5-9/h9-10H,1-8H2. The van der Waals surface area contributed by atoms with Gasteiger partial charge in [-0.3, -0.25) is 5.43 Å². The van der Waals surface area contributed by atoms with Crippen LogP contribution in [0.2, 0.25) is 0 Å². The zero-order valence-electron chi connectivity index (χ0n) is 7.18. The molecule has 3 aliphatic rings. The Morgan fingerprint density at radius 3 is 2.45 bits per heavy atom. The predicted octanol–water partition coefficient (Wildman–Crippen LogP) is 1.39. The lowest BCUT2D eigenvalue weighted by molar-refractivity contribution is 0.125. The van der Waals surface area contributed by atoms with E-state index in [-0.39, 0.29) is 0 Å². The highest BCUT2D eigenvalue weighted by molar-refractivity contribution is 4.70. The van der Waals surface area contributed by atoms with E-state index in [9.17, 15) is 0 Å². The molecule has 0 radical (unpaired) electrons. The summed E-state index contributed by atoms with van der Waals surface area (Å²) >= 11 is 0. The maximum absolute atomic E-state index is 3.49. The first-order valence-electron chi connectivity index (χ1n) is 4.93. The second kappa shape index (κ2) is 3.55. The minimum atomic E-state index is 1.03. The van der Waals surface area contributed by atoms with Crippen LogP contribution in [-0.4, -0.2) is 24.6 Å². The summed E-state index contributed by atoms with van der Waals surface area (Å²) in [6, 6.07) is 0. The summed E-state index contributed by atoms with van der Waals surface area (Å²) in [4.78, 5) is 0. The van der Waals surface area contributed by atoms with E-state index in [1.54, 1.807) is 0 Å². The van der Waals surface area contributed by atoms with Crippen LogP contribution >= 0.6 is 0 Å². The van der Waals surface area contributed by atoms with Gasteiger partial charge in [0, 0.05) is 19.6 Å². The molecular formula is C9H18N2. The molecular weight excluding hydrogens is 136 g/mol. The molecule has 0 spiro atoms. The molecule has 0 aromatic carbocycles. The van der Waals surface area contributed by atoms with Gasteiger partial charge in [-0.05, 0) is 38.0 Å². The van der Waals surface area contributed by atoms with Crippen molar-refractivity contribution in [2.75, 3.05) is 19.6 Å². The Balaban J connectivity index is 1.96. The minimum absolute atomic E-state index is 1.03. The van der Waals surface area contributed by atoms with Crippen LogP contribution in [0, 0.1) is 5.92 Å². The van der Waals surface area contributed by atoms with Crippen LogP contribution < -0.4 is 5.43 Å². The van der Waals surface area contributed by atoms with Gasteiger partial charge >= 0.3 is 0 Å². The molecule has 0 aromatic rings. The van der Waals surface area contributed by atoms with Crippen LogP contribution in [0.4, 0.5) is 0 Å². The number of hydrazine groups is 1. The summed E-state index contributed by atoms with van der Waals surface area (Å²) in [5.41, 5.74) is 3.49. The van der Waals surface area contributed by atoms with Crippen LogP contribution in [0.1, 0.15) is 32.1 Å². The lowest BCUT2D eigenvalue weighted by atomic mass is 9.92. The van der Waals surface area contributed by atoms with Gasteiger partial charge in [0.25, 0.3) is 0 Å². The molecule has 0 atom stereocenters. The van der Waals surface area contributed by atoms with Crippen molar-refractivity contribution in [1.82, 2.24) is 10.4 Å². The van der Waals surface area contributed by atoms with E-state index in [1.807, 2.05) is 0 Å². The van der Waals surface area contributed by atoms with Crippen LogP contribution in [0.5, 0.6) is 0 Å². The normalized spacial score (nSPS) is 39.3. The highest BCUT2D eigenvalue weighted by atomic mass is 15.5. The number of nitrogens with one attached hydrogen (secondary N) is 1. The molecule has 3 rings (SSSR count). The third kappa shape index (κ3) is 1.94. The quantitative estimate of drug-likeness (QED) is 0.567. The summed E-state index contributed by atoms with van der Waals surface area (Å²) < 4.78 is 0. The Morgan fingerprint density at radius 2 is 1.73 bits per heavy atom. The molecule has 0 unspecified atom stereocenters. The molecule has 64 valence electrons. The summed E-state index contributed by atoms with van der Waals surface area (Å²) in [5.74, 6) is 1.03. The highest BCUT2D eigenvalue weighted by Gasteiger charge is 2.17. The monoisotopic (exact) mass is 154 g/mol. The van der Waals surface area contributed by atoms with Crippen LogP contribution in [0.15, 0.2) is 0 Å². The van der Waals surface area contributed by atoms with Gasteiger partial charge < -0.3 is 0 Å². The molecule has 11 heavy (non-hydrogen) atoms. The van der Waals surface area contributed by atoms with E-state index in [1.165, 1.54) is 51.7 Å². The first kappa shape index (κ1) is 7.56. The molecule has 1 N–H and O–H groups in total. The minimum Gasteiger partial charge on any atom is -0.255 e. The fourth-order valence-corrected chi connectivity index (χ4v) is 2.27. The SMILES string of the molecule is C1CC2CCCN(C1)NCC2. The second-order valence-electron chi connectivity index (χ2n) is 3.83. The molecule has 3 heterocycles. The van der Waals surface area contributed by atoms with Gasteiger partial charge in [-0.15, -0.1) is 0 Å². The van der Waals surface area contributed by atoms with Crippen molar-refractivity contribution in [3.8, 4) is 0 Å². The smallest absolute Gasteiger partial charge is 0.0131 e. The van der Waals surface area contributed by atoms with Crippen LogP contribution in [0.25, 0.3) is 0 Å². The molecule has 3 fully saturated rings. The number of rotatable bonds is 0. The van der Waals surface area contributed by atoms with E-state index in [4.69, 9.17) is 0 Å². The van der Waals surface area contributed by atoms with Gasteiger partial charge in [0.15, 0.2) is 0 Å². The maximum atomic E-state index is 3.49. The number of hydrogen-bond acceptors (Lipinski definition) is 2. The van der Waals surface area contributed by atoms with Crippen molar-refractivity contribution in [3.63, 3.8) is 0 Å². The summed E-state index contributed by atoms with van der Waals surface area (Å²) in [6.07, 6.45) is 7.14. The Bertz CT molecular complexity index is 89.0. The van der Waals surface area contributed by atoms with E-state index >= 15 is 0 Å². The Labute approximate surface area is 68.9 Å². The molecule has 0 saturated carbocycles. The van der Waals surface area contributed by atoms with Crippen molar-refractivity contribution in [1.29, 1.82) is 0 Å². The largest absolute Gasteiger partial charge is 0.255 e. The van der Waals surface area contributed by atoms with Gasteiger partial charge in [0.1, 0.15) is 0 Å². The van der Waals surface area contributed by atoms with Crippen molar-refractivity contribution in [3.05, 3.63) is 0 Å². The van der Waals surface area contributed by atoms with Crippen molar-refractivity contribution >= 4 is 0 Å². The summed E-state index contributed by atoms with van der Waals surface area (Å²) in [5, 5.41) is 2.41. The molecule has 2 bridgehead atoms. The molecule has 0 aliphatic carbocycles. The van der Waals surface area contributed by atoms with Gasteiger partial charge in [0.05, 0.1) is 0 Å². The molecule has 3 aliphatic heterocycles. The van der Waals surface area contributed by atoms with Gasteiger partial charge in [-0.2, -0.15) is 0 Å². The lowest BCUT2D eigenvalue weighted by Crippen LogP contribution is -2.43. The number of fused-ring (bicyclic) bond motifs is 6. The number of nitrogens with zero attached hydrogens (tertiary/aromatic N) is 1. The summed E-state index contributed by atoms with van der Waals surface area (Å²) in [7, 11) is 0. The number of hydrogen-bond donors (Lipinski definition) is 1. The van der Waals surface area contributed by atoms with Crippen LogP contribution in [-0.2, 0) is 0 Å². The zero-order valence-corrected chi connectivity index (χ0v) is 7.18. The van der Waals surface area contributed by atoms with Crippen molar-refractivity contribution in [2.24, 2.45) is 5.92 Å². The highest BCUT2D eigenvalue weighted by Crippen LogP contribution is 2.22. The average Bonchev–Trinajstić information content (AvgIpc) is 1.80. The van der Waals surface area contributed by atoms with Crippen molar-refractivity contribution < 1.29 is 0 Å². The van der Waals surface area contributed by atoms with Gasteiger partial charge in [0.2, 0.25) is 0 Å². The molecule has 3 saturated heterocycles. The Kier molecular flexibility index (Phi) is 2.44. The Morgan fingerprint density at radius 1 is 1.00 bits per heavy atom. The van der Waals surface area contributed by atoms with E-state index in [0.29, 0.717) is 0 Å². The van der Waals surface area contributed by atoms with Crippen LogP contribution in [0.3, 0.4) is 0 Å². The molecule has 2 nitrogen and oxygen atoms in total. The molecule has 2 heteroatoms. The lowest BCUT2D eigenvalue weighted by Gasteiger charge is -2.32. The van der Waals surface area contributed by atoms with Crippen molar-refractivity contribution in [2.45, 2.75) is 32.1 Å². The fraction of sp³-hybridized carbons (Fsp3) is 1.00. The topological polar surface area (TPSA) is 15.3 Å². The molecule has 0 aromatic heterocycles. The maximum Gasteiger partial charge on any atom is 0.0131 e. The van der Waals surface area contributed by atoms with E-state index in [0.717, 1.165) is 5.92 Å². The molecule has 0 amide bonds. The van der Waals surface area contributed by atoms with E-state index < -0.39 is 0 Å². The first-order valence-corrected chi connectivity index (χ1v) is 4.93.